The third-order valence-electron chi connectivity index (χ3n) is 4.32. The smallest absolute Gasteiger partial charge is 0.150 e. The van der Waals surface area contributed by atoms with Crippen LogP contribution in [0.1, 0.15) is 0 Å². The number of hydrogen-bond donors (Lipinski definition) is 1. The van der Waals surface area contributed by atoms with Crippen molar-refractivity contribution < 1.29 is 5.11 Å². The Balaban J connectivity index is 2.01. The van der Waals surface area contributed by atoms with E-state index in [1.165, 1.54) is 0 Å². The van der Waals surface area contributed by atoms with Crippen molar-refractivity contribution in [1.29, 1.82) is 0 Å². The van der Waals surface area contributed by atoms with Crippen molar-refractivity contribution in [3.05, 3.63) is 59.3 Å². The third kappa shape index (κ3) is 1.26. The lowest BCUT2D eigenvalue weighted by atomic mass is 10.0. The molecule has 0 fully saturated rings. The Morgan fingerprint density at radius 1 is 1.05 bits per heavy atom. The summed E-state index contributed by atoms with van der Waals surface area (Å²) >= 11 is 0. The van der Waals surface area contributed by atoms with Gasteiger partial charge in [0.25, 0.3) is 0 Å². The van der Waals surface area contributed by atoms with E-state index in [1.807, 2.05) is 30.4 Å². The standard InChI is InChI=1S/C18H12N2O/c21-18-15-7-3-4-10-20(15)14-9-8-12-11-5-1-2-6-13(11)19-17(12)16(14)18/h1-9,21H,10H2. The van der Waals surface area contributed by atoms with Gasteiger partial charge in [-0.2, -0.15) is 0 Å². The zero-order valence-corrected chi connectivity index (χ0v) is 11.2. The highest BCUT2D eigenvalue weighted by atomic mass is 16.3. The van der Waals surface area contributed by atoms with Crippen molar-refractivity contribution >= 4 is 22.7 Å². The molecule has 0 radical (unpaired) electrons. The van der Waals surface area contributed by atoms with Crippen LogP contribution in [-0.4, -0.2) is 9.67 Å². The summed E-state index contributed by atoms with van der Waals surface area (Å²) in [5, 5.41) is 13.3. The van der Waals surface area contributed by atoms with Crippen LogP contribution >= 0.6 is 0 Å². The first-order chi connectivity index (χ1) is 10.3. The summed E-state index contributed by atoms with van der Waals surface area (Å²) in [4.78, 5) is 4.74. The predicted octanol–water partition coefficient (Wildman–Crippen LogP) is 2.63. The molecule has 2 aliphatic heterocycles. The summed E-state index contributed by atoms with van der Waals surface area (Å²) < 4.78 is 2.13. The van der Waals surface area contributed by atoms with Crippen molar-refractivity contribution in [1.82, 2.24) is 4.57 Å². The molecule has 3 nitrogen and oxygen atoms in total. The van der Waals surface area contributed by atoms with Crippen molar-refractivity contribution in [2.24, 2.45) is 4.99 Å². The van der Waals surface area contributed by atoms with Gasteiger partial charge < -0.3 is 9.67 Å². The Morgan fingerprint density at radius 2 is 1.95 bits per heavy atom. The average Bonchev–Trinajstić information content (AvgIpc) is 3.04. The highest BCUT2D eigenvalue weighted by molar-refractivity contribution is 5.94. The maximum Gasteiger partial charge on any atom is 0.150 e. The summed E-state index contributed by atoms with van der Waals surface area (Å²) in [5.41, 5.74) is 4.26. The van der Waals surface area contributed by atoms with Crippen LogP contribution in [0.4, 0.5) is 5.69 Å². The van der Waals surface area contributed by atoms with Crippen LogP contribution in [0.3, 0.4) is 0 Å². The van der Waals surface area contributed by atoms with Gasteiger partial charge in [-0.3, -0.25) is 0 Å². The lowest BCUT2D eigenvalue weighted by Gasteiger charge is -2.05. The van der Waals surface area contributed by atoms with E-state index in [-0.39, 0.29) is 0 Å². The van der Waals surface area contributed by atoms with Gasteiger partial charge in [-0.25, -0.2) is 4.99 Å². The van der Waals surface area contributed by atoms with Crippen LogP contribution in [0.25, 0.3) is 28.1 Å². The summed E-state index contributed by atoms with van der Waals surface area (Å²) in [7, 11) is 0. The van der Waals surface area contributed by atoms with Gasteiger partial charge in [0.1, 0.15) is 0 Å². The second kappa shape index (κ2) is 3.64. The zero-order chi connectivity index (χ0) is 14.0. The molecule has 2 aliphatic rings. The first-order valence-electron chi connectivity index (χ1n) is 7.04. The maximum absolute atomic E-state index is 10.6. The number of aromatic nitrogens is 1. The molecule has 0 unspecified atom stereocenters. The maximum atomic E-state index is 10.6. The molecule has 0 bridgehead atoms. The fraction of sp³-hybridized carbons (Fsp3) is 0.0556. The second-order valence-electron chi connectivity index (χ2n) is 5.42. The van der Waals surface area contributed by atoms with Gasteiger partial charge in [-0.05, 0) is 18.2 Å². The second-order valence-corrected chi connectivity index (χ2v) is 5.42. The normalized spacial score (nSPS) is 14.3. The lowest BCUT2D eigenvalue weighted by Crippen LogP contribution is -2.17. The fourth-order valence-electron chi connectivity index (χ4n) is 3.37. The van der Waals surface area contributed by atoms with Crippen molar-refractivity contribution in [3.63, 3.8) is 0 Å². The first-order valence-corrected chi connectivity index (χ1v) is 7.04. The molecule has 0 aliphatic carbocycles. The van der Waals surface area contributed by atoms with Crippen LogP contribution in [0.5, 0.6) is 5.75 Å². The van der Waals surface area contributed by atoms with Gasteiger partial charge in [0, 0.05) is 17.7 Å². The molecule has 0 spiro atoms. The van der Waals surface area contributed by atoms with Gasteiger partial charge in [0.05, 0.1) is 27.3 Å². The molecule has 0 amide bonds. The summed E-state index contributed by atoms with van der Waals surface area (Å²) in [6, 6.07) is 12.3. The number of para-hydroxylation sites is 1. The Labute approximate surface area is 120 Å². The number of aromatic hydroxyl groups is 1. The van der Waals surface area contributed by atoms with E-state index in [4.69, 9.17) is 4.99 Å². The molecule has 3 heteroatoms. The van der Waals surface area contributed by atoms with Crippen LogP contribution in [0.2, 0.25) is 0 Å². The molecular formula is C18H12N2O. The Hall–Kier alpha value is -2.81. The topological polar surface area (TPSA) is 37.5 Å². The minimum absolute atomic E-state index is 0.336. The summed E-state index contributed by atoms with van der Waals surface area (Å²) in [6.45, 7) is 0.786. The number of fused-ring (bicyclic) bond motifs is 7. The number of nitrogens with zero attached hydrogens (tertiary/aromatic N) is 2. The van der Waals surface area contributed by atoms with E-state index in [1.54, 1.807) is 0 Å². The van der Waals surface area contributed by atoms with Crippen molar-refractivity contribution in [2.75, 3.05) is 0 Å². The molecule has 0 atom stereocenters. The minimum Gasteiger partial charge on any atom is -0.505 e. The molecule has 3 aromatic rings. The molecule has 2 aromatic carbocycles. The number of rotatable bonds is 0. The Kier molecular flexibility index (Phi) is 1.89. The summed E-state index contributed by atoms with van der Waals surface area (Å²) in [5.74, 6) is 0.336. The highest BCUT2D eigenvalue weighted by Gasteiger charge is 2.20. The van der Waals surface area contributed by atoms with Crippen LogP contribution in [0, 0.1) is 0 Å². The van der Waals surface area contributed by atoms with E-state index >= 15 is 0 Å². The van der Waals surface area contributed by atoms with Crippen LogP contribution < -0.4 is 10.7 Å². The van der Waals surface area contributed by atoms with Gasteiger partial charge >= 0.3 is 0 Å². The molecule has 21 heavy (non-hydrogen) atoms. The number of hydrogen-bond acceptors (Lipinski definition) is 2. The SMILES string of the molecule is Oc1c2n(c3ccc4c(c13)=Nc1ccccc1-4)CC=CC=2. The molecule has 5 rings (SSSR count). The molecular weight excluding hydrogens is 260 g/mol. The monoisotopic (exact) mass is 272 g/mol. The largest absolute Gasteiger partial charge is 0.505 e. The van der Waals surface area contributed by atoms with E-state index in [0.29, 0.717) is 5.75 Å². The van der Waals surface area contributed by atoms with E-state index in [9.17, 15) is 5.11 Å². The zero-order valence-electron chi connectivity index (χ0n) is 11.2. The van der Waals surface area contributed by atoms with Crippen molar-refractivity contribution in [2.45, 2.75) is 6.54 Å². The van der Waals surface area contributed by atoms with E-state index in [0.717, 1.165) is 45.0 Å². The first kappa shape index (κ1) is 10.9. The fourth-order valence-corrected chi connectivity index (χ4v) is 3.37. The Morgan fingerprint density at radius 3 is 2.90 bits per heavy atom. The highest BCUT2D eigenvalue weighted by Crippen LogP contribution is 2.35. The number of allylic oxidation sites excluding steroid dienone is 2. The predicted molar refractivity (Wildman–Crippen MR) is 83.1 cm³/mol. The average molecular weight is 272 g/mol. The third-order valence-corrected chi connectivity index (χ3v) is 4.32. The summed E-state index contributed by atoms with van der Waals surface area (Å²) in [6.07, 6.45) is 6.03. The van der Waals surface area contributed by atoms with Gasteiger partial charge in [-0.15, -0.1) is 0 Å². The molecule has 0 saturated heterocycles. The van der Waals surface area contributed by atoms with Gasteiger partial charge in [-0.1, -0.05) is 36.4 Å². The quantitative estimate of drug-likeness (QED) is 0.525. The van der Waals surface area contributed by atoms with Crippen LogP contribution in [0.15, 0.2) is 53.5 Å². The lowest BCUT2D eigenvalue weighted by molar-refractivity contribution is 0.472. The van der Waals surface area contributed by atoms with Crippen LogP contribution in [-0.2, 0) is 6.54 Å². The molecule has 1 aromatic heterocycles. The van der Waals surface area contributed by atoms with Gasteiger partial charge in [0.2, 0.25) is 0 Å². The number of benzene rings is 2. The van der Waals surface area contributed by atoms with E-state index < -0.39 is 0 Å². The van der Waals surface area contributed by atoms with Crippen molar-refractivity contribution in [3.8, 4) is 16.9 Å². The minimum atomic E-state index is 0.336. The Bertz CT molecular complexity index is 1070. The molecule has 0 saturated carbocycles. The molecule has 1 N–H and O–H groups in total. The van der Waals surface area contributed by atoms with Gasteiger partial charge in [0.15, 0.2) is 5.75 Å². The molecule has 3 heterocycles. The molecule has 100 valence electrons. The van der Waals surface area contributed by atoms with E-state index in [2.05, 4.69) is 28.8 Å².